The first-order valence-electron chi connectivity index (χ1n) is 5.54. The minimum atomic E-state index is 0.450. The van der Waals surface area contributed by atoms with Crippen LogP contribution < -0.4 is 5.32 Å². The lowest BCUT2D eigenvalue weighted by Gasteiger charge is -2.16. The highest BCUT2D eigenvalue weighted by Gasteiger charge is 2.09. The minimum Gasteiger partial charge on any atom is -0.384 e. The summed E-state index contributed by atoms with van der Waals surface area (Å²) in [6.45, 7) is 3.90. The van der Waals surface area contributed by atoms with Crippen molar-refractivity contribution in [3.8, 4) is 0 Å². The number of hydrogen-bond donors (Lipinski definition) is 1. The number of ether oxygens (including phenoxy) is 1. The number of aryl methyl sites for hydroxylation is 1. The van der Waals surface area contributed by atoms with Crippen molar-refractivity contribution in [3.05, 3.63) is 35.4 Å². The van der Waals surface area contributed by atoms with E-state index in [-0.39, 0.29) is 0 Å². The Labute approximate surface area is 92.6 Å². The topological polar surface area (TPSA) is 21.3 Å². The maximum Gasteiger partial charge on any atom is 0.0543 e. The third kappa shape index (κ3) is 3.65. The second-order valence-electron chi connectivity index (χ2n) is 3.81. The first kappa shape index (κ1) is 12.2. The van der Waals surface area contributed by atoms with Crippen molar-refractivity contribution in [2.75, 3.05) is 27.3 Å². The molecular weight excluding hydrogens is 186 g/mol. The van der Waals surface area contributed by atoms with Crippen molar-refractivity contribution in [2.45, 2.75) is 19.3 Å². The number of methoxy groups -OCH3 is 1. The van der Waals surface area contributed by atoms with Gasteiger partial charge in [-0.2, -0.15) is 0 Å². The van der Waals surface area contributed by atoms with Crippen molar-refractivity contribution in [2.24, 2.45) is 0 Å². The molecule has 0 bridgehead atoms. The normalized spacial score (nSPS) is 12.7. The second kappa shape index (κ2) is 6.59. The number of benzene rings is 1. The van der Waals surface area contributed by atoms with Gasteiger partial charge in [0.2, 0.25) is 0 Å². The zero-order valence-corrected chi connectivity index (χ0v) is 9.92. The van der Waals surface area contributed by atoms with Crippen LogP contribution in [0.5, 0.6) is 0 Å². The molecule has 15 heavy (non-hydrogen) atoms. The number of nitrogens with one attached hydrogen (secondary N) is 1. The van der Waals surface area contributed by atoms with Gasteiger partial charge in [0.05, 0.1) is 6.61 Å². The van der Waals surface area contributed by atoms with Gasteiger partial charge in [-0.15, -0.1) is 0 Å². The molecule has 0 aromatic heterocycles. The monoisotopic (exact) mass is 207 g/mol. The molecule has 1 unspecified atom stereocenters. The van der Waals surface area contributed by atoms with Crippen LogP contribution in [0.4, 0.5) is 0 Å². The Bertz CT molecular complexity index is 262. The van der Waals surface area contributed by atoms with E-state index in [2.05, 4.69) is 36.5 Å². The van der Waals surface area contributed by atoms with E-state index in [9.17, 15) is 0 Å². The van der Waals surface area contributed by atoms with Crippen LogP contribution in [0.25, 0.3) is 0 Å². The first-order valence-corrected chi connectivity index (χ1v) is 5.54. The molecule has 1 atom stereocenters. The summed E-state index contributed by atoms with van der Waals surface area (Å²) < 4.78 is 5.23. The van der Waals surface area contributed by atoms with Gasteiger partial charge >= 0.3 is 0 Å². The Hall–Kier alpha value is -0.860. The molecule has 0 heterocycles. The highest BCUT2D eigenvalue weighted by atomic mass is 16.5. The Morgan fingerprint density at radius 3 is 2.40 bits per heavy atom. The van der Waals surface area contributed by atoms with E-state index in [1.807, 2.05) is 7.05 Å². The SMILES string of the molecule is CCc1ccc(C(CNC)COC)cc1. The third-order valence-corrected chi connectivity index (χ3v) is 2.68. The van der Waals surface area contributed by atoms with Gasteiger partial charge in [0.25, 0.3) is 0 Å². The molecule has 0 fully saturated rings. The lowest BCUT2D eigenvalue weighted by molar-refractivity contribution is 0.178. The summed E-state index contributed by atoms with van der Waals surface area (Å²) >= 11 is 0. The van der Waals surface area contributed by atoms with Crippen molar-refractivity contribution >= 4 is 0 Å². The summed E-state index contributed by atoms with van der Waals surface area (Å²) in [5.41, 5.74) is 2.74. The molecule has 84 valence electrons. The fourth-order valence-corrected chi connectivity index (χ4v) is 1.75. The van der Waals surface area contributed by atoms with E-state index >= 15 is 0 Å². The van der Waals surface area contributed by atoms with Gasteiger partial charge in [-0.05, 0) is 24.6 Å². The molecule has 1 aromatic carbocycles. The standard InChI is InChI=1S/C13H21NO/c1-4-11-5-7-12(8-6-11)13(9-14-2)10-15-3/h5-8,13-14H,4,9-10H2,1-3H3. The van der Waals surface area contributed by atoms with Crippen LogP contribution in [0.2, 0.25) is 0 Å². The van der Waals surface area contributed by atoms with Gasteiger partial charge in [0, 0.05) is 19.6 Å². The molecule has 2 heteroatoms. The van der Waals surface area contributed by atoms with Gasteiger partial charge in [-0.1, -0.05) is 31.2 Å². The molecule has 0 radical (unpaired) electrons. The van der Waals surface area contributed by atoms with Gasteiger partial charge in [-0.25, -0.2) is 0 Å². The summed E-state index contributed by atoms with van der Waals surface area (Å²) in [5, 5.41) is 3.20. The minimum absolute atomic E-state index is 0.450. The smallest absolute Gasteiger partial charge is 0.0543 e. The molecule has 1 aromatic rings. The Morgan fingerprint density at radius 1 is 1.27 bits per heavy atom. The largest absolute Gasteiger partial charge is 0.384 e. The van der Waals surface area contributed by atoms with Crippen molar-refractivity contribution < 1.29 is 4.74 Å². The summed E-state index contributed by atoms with van der Waals surface area (Å²) in [4.78, 5) is 0. The van der Waals surface area contributed by atoms with Crippen LogP contribution in [0.15, 0.2) is 24.3 Å². The number of hydrogen-bond acceptors (Lipinski definition) is 2. The summed E-state index contributed by atoms with van der Waals surface area (Å²) in [6, 6.07) is 8.82. The summed E-state index contributed by atoms with van der Waals surface area (Å²) in [5.74, 6) is 0.450. The molecule has 0 aliphatic heterocycles. The van der Waals surface area contributed by atoms with Gasteiger partial charge in [-0.3, -0.25) is 0 Å². The molecule has 1 N–H and O–H groups in total. The van der Waals surface area contributed by atoms with E-state index < -0.39 is 0 Å². The van der Waals surface area contributed by atoms with Crippen LogP contribution in [0.3, 0.4) is 0 Å². The van der Waals surface area contributed by atoms with Crippen LogP contribution in [-0.4, -0.2) is 27.3 Å². The Morgan fingerprint density at radius 2 is 1.93 bits per heavy atom. The molecule has 0 saturated carbocycles. The van der Waals surface area contributed by atoms with Gasteiger partial charge < -0.3 is 10.1 Å². The zero-order valence-electron chi connectivity index (χ0n) is 9.92. The van der Waals surface area contributed by atoms with Gasteiger partial charge in [0.15, 0.2) is 0 Å². The second-order valence-corrected chi connectivity index (χ2v) is 3.81. The molecule has 0 aliphatic rings. The van der Waals surface area contributed by atoms with E-state index in [1.165, 1.54) is 11.1 Å². The molecule has 0 saturated heterocycles. The van der Waals surface area contributed by atoms with Crippen LogP contribution in [0.1, 0.15) is 24.0 Å². The maximum absolute atomic E-state index is 5.23. The predicted octanol–water partition coefficient (Wildman–Crippen LogP) is 2.20. The van der Waals surface area contributed by atoms with E-state index in [4.69, 9.17) is 4.74 Å². The molecular formula is C13H21NO. The molecule has 1 rings (SSSR count). The highest BCUT2D eigenvalue weighted by molar-refractivity contribution is 5.25. The van der Waals surface area contributed by atoms with Gasteiger partial charge in [0.1, 0.15) is 0 Å². The maximum atomic E-state index is 5.23. The van der Waals surface area contributed by atoms with E-state index in [0.717, 1.165) is 19.6 Å². The fraction of sp³-hybridized carbons (Fsp3) is 0.538. The lowest BCUT2D eigenvalue weighted by Crippen LogP contribution is -2.20. The average molecular weight is 207 g/mol. The Kier molecular flexibility index (Phi) is 5.37. The first-order chi connectivity index (χ1) is 7.31. The number of rotatable bonds is 6. The molecule has 0 amide bonds. The van der Waals surface area contributed by atoms with Crippen molar-refractivity contribution in [1.29, 1.82) is 0 Å². The van der Waals surface area contributed by atoms with E-state index in [1.54, 1.807) is 7.11 Å². The lowest BCUT2D eigenvalue weighted by atomic mass is 9.98. The molecule has 0 spiro atoms. The van der Waals surface area contributed by atoms with E-state index in [0.29, 0.717) is 5.92 Å². The van der Waals surface area contributed by atoms with Crippen LogP contribution in [0, 0.1) is 0 Å². The Balaban J connectivity index is 2.72. The quantitative estimate of drug-likeness (QED) is 0.772. The predicted molar refractivity (Wildman–Crippen MR) is 64.4 cm³/mol. The summed E-state index contributed by atoms with van der Waals surface area (Å²) in [6.07, 6.45) is 1.10. The number of likely N-dealkylation sites (N-methyl/N-ethyl adjacent to an activating group) is 1. The molecule has 2 nitrogen and oxygen atoms in total. The van der Waals surface area contributed by atoms with Crippen molar-refractivity contribution in [3.63, 3.8) is 0 Å². The molecule has 0 aliphatic carbocycles. The fourth-order valence-electron chi connectivity index (χ4n) is 1.75. The third-order valence-electron chi connectivity index (χ3n) is 2.68. The average Bonchev–Trinajstić information content (AvgIpc) is 2.29. The highest BCUT2D eigenvalue weighted by Crippen LogP contribution is 2.16. The summed E-state index contributed by atoms with van der Waals surface area (Å²) in [7, 11) is 3.73. The van der Waals surface area contributed by atoms with Crippen molar-refractivity contribution in [1.82, 2.24) is 5.32 Å². The van der Waals surface area contributed by atoms with Crippen LogP contribution in [-0.2, 0) is 11.2 Å². The zero-order chi connectivity index (χ0) is 11.1. The van der Waals surface area contributed by atoms with Crippen LogP contribution >= 0.6 is 0 Å².